The molecule has 0 unspecified atom stereocenters. The number of anilines is 1. The molecule has 7 heteroatoms. The van der Waals surface area contributed by atoms with Crippen LogP contribution in [0.3, 0.4) is 0 Å². The van der Waals surface area contributed by atoms with Gasteiger partial charge in [-0.1, -0.05) is 0 Å². The van der Waals surface area contributed by atoms with E-state index in [9.17, 15) is 4.79 Å². The van der Waals surface area contributed by atoms with Gasteiger partial charge in [-0.25, -0.2) is 0 Å². The summed E-state index contributed by atoms with van der Waals surface area (Å²) in [5.74, 6) is 2.12. The summed E-state index contributed by atoms with van der Waals surface area (Å²) in [6.45, 7) is 4.71. The van der Waals surface area contributed by atoms with Crippen molar-refractivity contribution >= 4 is 11.6 Å². The Morgan fingerprint density at radius 3 is 2.00 bits per heavy atom. The lowest BCUT2D eigenvalue weighted by molar-refractivity contribution is 0.102. The second kappa shape index (κ2) is 9.56. The summed E-state index contributed by atoms with van der Waals surface area (Å²) >= 11 is 0. The van der Waals surface area contributed by atoms with E-state index >= 15 is 0 Å². The summed E-state index contributed by atoms with van der Waals surface area (Å²) in [5, 5.41) is 2.83. The van der Waals surface area contributed by atoms with Crippen molar-refractivity contribution in [3.8, 4) is 28.7 Å². The van der Waals surface area contributed by atoms with Crippen molar-refractivity contribution in [2.45, 2.75) is 13.8 Å². The van der Waals surface area contributed by atoms with E-state index in [1.54, 1.807) is 30.3 Å². The molecule has 0 radical (unpaired) electrons. The lowest BCUT2D eigenvalue weighted by atomic mass is 10.1. The highest BCUT2D eigenvalue weighted by Crippen LogP contribution is 2.40. The fourth-order valence-corrected chi connectivity index (χ4v) is 2.57. The van der Waals surface area contributed by atoms with Gasteiger partial charge >= 0.3 is 0 Å². The van der Waals surface area contributed by atoms with Crippen molar-refractivity contribution in [2.75, 3.05) is 39.9 Å². The Labute approximate surface area is 159 Å². The van der Waals surface area contributed by atoms with Gasteiger partial charge in [-0.15, -0.1) is 0 Å². The standard InChI is InChI=1S/C20H25NO6/c1-6-26-14-8-9-15(16(12-14)27-7-2)20(22)21-13-10-17(23-3)19(25-5)18(11-13)24-4/h8-12H,6-7H2,1-5H3,(H,21,22). The van der Waals surface area contributed by atoms with Crippen LogP contribution in [-0.4, -0.2) is 40.5 Å². The van der Waals surface area contributed by atoms with Crippen LogP contribution < -0.4 is 29.0 Å². The molecule has 0 saturated heterocycles. The molecule has 1 amide bonds. The highest BCUT2D eigenvalue weighted by Gasteiger charge is 2.18. The first-order valence-electron chi connectivity index (χ1n) is 8.58. The van der Waals surface area contributed by atoms with Crippen LogP contribution in [0.5, 0.6) is 28.7 Å². The van der Waals surface area contributed by atoms with Crippen LogP contribution in [0.25, 0.3) is 0 Å². The molecule has 2 rings (SSSR count). The largest absolute Gasteiger partial charge is 0.494 e. The van der Waals surface area contributed by atoms with E-state index in [1.165, 1.54) is 21.3 Å². The van der Waals surface area contributed by atoms with Gasteiger partial charge in [-0.2, -0.15) is 0 Å². The van der Waals surface area contributed by atoms with Crippen LogP contribution in [0.15, 0.2) is 30.3 Å². The first-order valence-corrected chi connectivity index (χ1v) is 8.58. The van der Waals surface area contributed by atoms with Crippen LogP contribution in [0, 0.1) is 0 Å². The van der Waals surface area contributed by atoms with E-state index in [0.717, 1.165) is 0 Å². The van der Waals surface area contributed by atoms with E-state index in [1.807, 2.05) is 13.8 Å². The lowest BCUT2D eigenvalue weighted by Crippen LogP contribution is -2.14. The highest BCUT2D eigenvalue weighted by molar-refractivity contribution is 6.06. The number of ether oxygens (including phenoxy) is 5. The van der Waals surface area contributed by atoms with Gasteiger partial charge in [0.15, 0.2) is 11.5 Å². The van der Waals surface area contributed by atoms with E-state index in [2.05, 4.69) is 5.32 Å². The predicted molar refractivity (Wildman–Crippen MR) is 103 cm³/mol. The van der Waals surface area contributed by atoms with Crippen molar-refractivity contribution in [3.05, 3.63) is 35.9 Å². The van der Waals surface area contributed by atoms with Crippen LogP contribution >= 0.6 is 0 Å². The molecule has 146 valence electrons. The zero-order chi connectivity index (χ0) is 19.8. The van der Waals surface area contributed by atoms with Crippen molar-refractivity contribution in [3.63, 3.8) is 0 Å². The monoisotopic (exact) mass is 375 g/mol. The Morgan fingerprint density at radius 2 is 1.48 bits per heavy atom. The molecule has 27 heavy (non-hydrogen) atoms. The fourth-order valence-electron chi connectivity index (χ4n) is 2.57. The van der Waals surface area contributed by atoms with Crippen molar-refractivity contribution in [2.24, 2.45) is 0 Å². The third-order valence-corrected chi connectivity index (χ3v) is 3.73. The van der Waals surface area contributed by atoms with Gasteiger partial charge in [0.25, 0.3) is 5.91 Å². The zero-order valence-corrected chi connectivity index (χ0v) is 16.3. The minimum absolute atomic E-state index is 0.323. The Bertz CT molecular complexity index is 765. The predicted octanol–water partition coefficient (Wildman–Crippen LogP) is 3.76. The Morgan fingerprint density at radius 1 is 0.852 bits per heavy atom. The molecule has 0 aliphatic carbocycles. The van der Waals surface area contributed by atoms with E-state index < -0.39 is 0 Å². The van der Waals surface area contributed by atoms with Crippen molar-refractivity contribution in [1.29, 1.82) is 0 Å². The average molecular weight is 375 g/mol. The van der Waals surface area contributed by atoms with Crippen molar-refractivity contribution in [1.82, 2.24) is 0 Å². The molecule has 0 aliphatic rings. The second-order valence-electron chi connectivity index (χ2n) is 5.39. The van der Waals surface area contributed by atoms with Gasteiger partial charge in [0.1, 0.15) is 11.5 Å². The smallest absolute Gasteiger partial charge is 0.259 e. The molecule has 2 aromatic carbocycles. The molecule has 0 aromatic heterocycles. The normalized spacial score (nSPS) is 10.1. The van der Waals surface area contributed by atoms with Gasteiger partial charge in [-0.3, -0.25) is 4.79 Å². The highest BCUT2D eigenvalue weighted by atomic mass is 16.5. The minimum atomic E-state index is -0.323. The molecule has 0 fully saturated rings. The van der Waals surface area contributed by atoms with E-state index in [-0.39, 0.29) is 5.91 Å². The number of hydrogen-bond acceptors (Lipinski definition) is 6. The second-order valence-corrected chi connectivity index (χ2v) is 5.39. The number of amides is 1. The molecule has 1 N–H and O–H groups in total. The molecular formula is C20H25NO6. The van der Waals surface area contributed by atoms with Crippen LogP contribution in [0.1, 0.15) is 24.2 Å². The number of methoxy groups -OCH3 is 3. The lowest BCUT2D eigenvalue weighted by Gasteiger charge is -2.16. The Balaban J connectivity index is 2.34. The quantitative estimate of drug-likeness (QED) is 0.719. The van der Waals surface area contributed by atoms with Gasteiger partial charge in [0, 0.05) is 23.9 Å². The molecule has 0 aliphatic heterocycles. The van der Waals surface area contributed by atoms with Crippen LogP contribution in [-0.2, 0) is 0 Å². The molecule has 0 spiro atoms. The van der Waals surface area contributed by atoms with E-state index in [0.29, 0.717) is 53.2 Å². The van der Waals surface area contributed by atoms with Gasteiger partial charge in [0.2, 0.25) is 5.75 Å². The summed E-state index contributed by atoms with van der Waals surface area (Å²) in [6.07, 6.45) is 0. The third-order valence-electron chi connectivity index (χ3n) is 3.73. The summed E-state index contributed by atoms with van der Waals surface area (Å²) in [7, 11) is 4.55. The van der Waals surface area contributed by atoms with Crippen molar-refractivity contribution < 1.29 is 28.5 Å². The third kappa shape index (κ3) is 4.75. The summed E-state index contributed by atoms with van der Waals surface area (Å²) in [4.78, 5) is 12.8. The maximum absolute atomic E-state index is 12.8. The molecule has 0 saturated carbocycles. The molecule has 7 nitrogen and oxygen atoms in total. The summed E-state index contributed by atoms with van der Waals surface area (Å²) in [6, 6.07) is 8.43. The zero-order valence-electron chi connectivity index (χ0n) is 16.3. The summed E-state index contributed by atoms with van der Waals surface area (Å²) < 4.78 is 27.0. The molecule has 0 atom stereocenters. The number of nitrogens with one attached hydrogen (secondary N) is 1. The Kier molecular flexibility index (Phi) is 7.16. The molecule has 2 aromatic rings. The number of rotatable bonds is 9. The first-order chi connectivity index (χ1) is 13.1. The SMILES string of the molecule is CCOc1ccc(C(=O)Nc2cc(OC)c(OC)c(OC)c2)c(OCC)c1. The number of carbonyl (C=O) groups is 1. The van der Waals surface area contributed by atoms with Gasteiger partial charge < -0.3 is 29.0 Å². The fraction of sp³-hybridized carbons (Fsp3) is 0.350. The van der Waals surface area contributed by atoms with E-state index in [4.69, 9.17) is 23.7 Å². The first kappa shape index (κ1) is 20.2. The average Bonchev–Trinajstić information content (AvgIpc) is 2.67. The number of benzene rings is 2. The van der Waals surface area contributed by atoms with Gasteiger partial charge in [-0.05, 0) is 26.0 Å². The number of carbonyl (C=O) groups excluding carboxylic acids is 1. The van der Waals surface area contributed by atoms with Crippen LogP contribution in [0.4, 0.5) is 5.69 Å². The molecule has 0 bridgehead atoms. The Hall–Kier alpha value is -3.09. The topological polar surface area (TPSA) is 75.3 Å². The minimum Gasteiger partial charge on any atom is -0.494 e. The molecular weight excluding hydrogens is 350 g/mol. The van der Waals surface area contributed by atoms with Gasteiger partial charge in [0.05, 0.1) is 40.1 Å². The maximum Gasteiger partial charge on any atom is 0.259 e. The number of hydrogen-bond donors (Lipinski definition) is 1. The summed E-state index contributed by atoms with van der Waals surface area (Å²) in [5.41, 5.74) is 0.903. The molecule has 0 heterocycles. The van der Waals surface area contributed by atoms with Crippen LogP contribution in [0.2, 0.25) is 0 Å². The maximum atomic E-state index is 12.8.